The molecule has 1 aliphatic carbocycles. The van der Waals surface area contributed by atoms with E-state index in [0.717, 1.165) is 25.7 Å². The van der Waals surface area contributed by atoms with Crippen LogP contribution in [0.3, 0.4) is 0 Å². The van der Waals surface area contributed by atoms with Gasteiger partial charge in [-0.2, -0.15) is 0 Å². The molecule has 5 nitrogen and oxygen atoms in total. The summed E-state index contributed by atoms with van der Waals surface area (Å²) in [6.07, 6.45) is 8.54. The van der Waals surface area contributed by atoms with Crippen molar-refractivity contribution in [2.45, 2.75) is 62.7 Å². The number of nitrogens with one attached hydrogen (secondary N) is 2. The van der Waals surface area contributed by atoms with Gasteiger partial charge in [0.1, 0.15) is 0 Å². The first kappa shape index (κ1) is 15.8. The fourth-order valence-electron chi connectivity index (χ4n) is 3.14. The van der Waals surface area contributed by atoms with E-state index in [0.29, 0.717) is 18.3 Å². The van der Waals surface area contributed by atoms with Gasteiger partial charge in [-0.1, -0.05) is 25.7 Å². The molecule has 2 N–H and O–H groups in total. The van der Waals surface area contributed by atoms with Crippen LogP contribution in [0.15, 0.2) is 0 Å². The molecule has 2 aliphatic rings. The summed E-state index contributed by atoms with van der Waals surface area (Å²) in [4.78, 5) is 11.8. The lowest BCUT2D eigenvalue weighted by Gasteiger charge is -2.17. The van der Waals surface area contributed by atoms with E-state index in [-0.39, 0.29) is 17.7 Å². The van der Waals surface area contributed by atoms with Crippen molar-refractivity contribution < 1.29 is 13.2 Å². The van der Waals surface area contributed by atoms with Gasteiger partial charge in [0.05, 0.1) is 17.5 Å². The highest BCUT2D eigenvalue weighted by Gasteiger charge is 2.30. The van der Waals surface area contributed by atoms with Gasteiger partial charge >= 0.3 is 0 Å². The van der Waals surface area contributed by atoms with E-state index in [1.807, 2.05) is 0 Å². The fraction of sp³-hybridized carbons (Fsp3) is 0.929. The second kappa shape index (κ2) is 7.41. The number of carbonyl (C=O) groups excluding carboxylic acids is 1. The predicted octanol–water partition coefficient (Wildman–Crippen LogP) is 0.992. The summed E-state index contributed by atoms with van der Waals surface area (Å²) in [6.45, 7) is 0.628. The lowest BCUT2D eigenvalue weighted by atomic mass is 10.1. The van der Waals surface area contributed by atoms with Crippen molar-refractivity contribution in [2.75, 3.05) is 18.8 Å². The molecule has 2 rings (SSSR count). The third kappa shape index (κ3) is 4.74. The number of amides is 1. The van der Waals surface area contributed by atoms with Gasteiger partial charge < -0.3 is 10.6 Å². The average molecular weight is 302 g/mol. The van der Waals surface area contributed by atoms with Crippen LogP contribution < -0.4 is 10.6 Å². The number of hydrogen-bond acceptors (Lipinski definition) is 4. The molecule has 0 radical (unpaired) electrons. The van der Waals surface area contributed by atoms with Crippen LogP contribution >= 0.6 is 0 Å². The number of rotatable bonds is 5. The van der Waals surface area contributed by atoms with Crippen molar-refractivity contribution in [2.24, 2.45) is 0 Å². The molecule has 1 saturated carbocycles. The molecule has 1 saturated heterocycles. The molecule has 1 atom stereocenters. The van der Waals surface area contributed by atoms with Crippen LogP contribution in [0, 0.1) is 0 Å². The van der Waals surface area contributed by atoms with Gasteiger partial charge in [0.2, 0.25) is 5.91 Å². The van der Waals surface area contributed by atoms with Crippen molar-refractivity contribution in [3.8, 4) is 0 Å². The minimum atomic E-state index is -2.91. The highest BCUT2D eigenvalue weighted by atomic mass is 32.2. The Balaban J connectivity index is 1.65. The largest absolute Gasteiger partial charge is 0.352 e. The molecule has 1 aliphatic heterocycles. The quantitative estimate of drug-likeness (QED) is 0.743. The lowest BCUT2D eigenvalue weighted by molar-refractivity contribution is -0.121. The molecule has 0 aromatic heterocycles. The van der Waals surface area contributed by atoms with Crippen molar-refractivity contribution in [1.82, 2.24) is 10.6 Å². The molecule has 20 heavy (non-hydrogen) atoms. The van der Waals surface area contributed by atoms with Crippen molar-refractivity contribution in [3.63, 3.8) is 0 Å². The molecule has 2 fully saturated rings. The predicted molar refractivity (Wildman–Crippen MR) is 79.3 cm³/mol. The van der Waals surface area contributed by atoms with Crippen molar-refractivity contribution in [1.29, 1.82) is 0 Å². The molecule has 0 bridgehead atoms. The Morgan fingerprint density at radius 2 is 1.70 bits per heavy atom. The van der Waals surface area contributed by atoms with Crippen LogP contribution in [-0.2, 0) is 14.6 Å². The zero-order valence-corrected chi connectivity index (χ0v) is 12.9. The molecule has 0 aromatic carbocycles. The molecule has 0 aromatic rings. The first-order valence-electron chi connectivity index (χ1n) is 7.79. The van der Waals surface area contributed by atoms with Gasteiger partial charge in [-0.3, -0.25) is 4.79 Å². The third-order valence-corrected chi connectivity index (χ3v) is 6.62. The lowest BCUT2D eigenvalue weighted by Crippen LogP contribution is -2.42. The van der Waals surface area contributed by atoms with E-state index in [2.05, 4.69) is 10.6 Å². The topological polar surface area (TPSA) is 75.3 Å². The van der Waals surface area contributed by atoms with E-state index in [4.69, 9.17) is 0 Å². The second-order valence-corrected chi connectivity index (χ2v) is 8.42. The third-order valence-electron chi connectivity index (χ3n) is 4.34. The Morgan fingerprint density at radius 3 is 2.30 bits per heavy atom. The van der Waals surface area contributed by atoms with Crippen LogP contribution in [0.2, 0.25) is 0 Å². The molecular weight excluding hydrogens is 276 g/mol. The molecule has 116 valence electrons. The van der Waals surface area contributed by atoms with Crippen LogP contribution in [-0.4, -0.2) is 44.5 Å². The molecule has 6 heteroatoms. The number of hydrogen-bond donors (Lipinski definition) is 2. The summed E-state index contributed by atoms with van der Waals surface area (Å²) in [5.41, 5.74) is 0. The Hall–Kier alpha value is -0.620. The summed E-state index contributed by atoms with van der Waals surface area (Å²) in [7, 11) is -2.91. The Labute approximate surface area is 121 Å². The molecule has 1 amide bonds. The SMILES string of the molecule is O=C(CNCC1CCCS1(=O)=O)NC1CCCCCC1. The molecule has 1 heterocycles. The van der Waals surface area contributed by atoms with Gasteiger partial charge in [0.15, 0.2) is 9.84 Å². The maximum atomic E-state index is 11.8. The van der Waals surface area contributed by atoms with Crippen LogP contribution in [0.1, 0.15) is 51.4 Å². The van der Waals surface area contributed by atoms with Crippen molar-refractivity contribution in [3.05, 3.63) is 0 Å². The van der Waals surface area contributed by atoms with E-state index in [9.17, 15) is 13.2 Å². The van der Waals surface area contributed by atoms with E-state index >= 15 is 0 Å². The monoisotopic (exact) mass is 302 g/mol. The maximum Gasteiger partial charge on any atom is 0.234 e. The zero-order valence-electron chi connectivity index (χ0n) is 12.1. The van der Waals surface area contributed by atoms with Crippen LogP contribution in [0.4, 0.5) is 0 Å². The Bertz CT molecular complexity index is 414. The first-order chi connectivity index (χ1) is 9.58. The summed E-state index contributed by atoms with van der Waals surface area (Å²) >= 11 is 0. The van der Waals surface area contributed by atoms with Crippen LogP contribution in [0.5, 0.6) is 0 Å². The standard InChI is InChI=1S/C14H26N2O3S/c17-14(16-12-6-3-1-2-4-7-12)11-15-10-13-8-5-9-20(13,18)19/h12-13,15H,1-11H2,(H,16,17). The van der Waals surface area contributed by atoms with Gasteiger partial charge in [-0.25, -0.2) is 8.42 Å². The highest BCUT2D eigenvalue weighted by molar-refractivity contribution is 7.92. The zero-order chi connectivity index (χ0) is 14.4. The normalized spacial score (nSPS) is 27.1. The molecule has 0 spiro atoms. The van der Waals surface area contributed by atoms with Gasteiger partial charge in [0.25, 0.3) is 0 Å². The van der Waals surface area contributed by atoms with E-state index in [1.54, 1.807) is 0 Å². The highest BCUT2D eigenvalue weighted by Crippen LogP contribution is 2.19. The van der Waals surface area contributed by atoms with E-state index < -0.39 is 9.84 Å². The average Bonchev–Trinajstić information content (AvgIpc) is 2.61. The smallest absolute Gasteiger partial charge is 0.234 e. The summed E-state index contributed by atoms with van der Waals surface area (Å²) in [5, 5.41) is 5.75. The molecule has 1 unspecified atom stereocenters. The number of sulfone groups is 1. The summed E-state index contributed by atoms with van der Waals surface area (Å²) in [6, 6.07) is 0.307. The van der Waals surface area contributed by atoms with Crippen molar-refractivity contribution >= 4 is 15.7 Å². The minimum Gasteiger partial charge on any atom is -0.352 e. The van der Waals surface area contributed by atoms with E-state index in [1.165, 1.54) is 25.7 Å². The van der Waals surface area contributed by atoms with Gasteiger partial charge in [-0.15, -0.1) is 0 Å². The summed E-state index contributed by atoms with van der Waals surface area (Å²) in [5.74, 6) is 0.292. The first-order valence-corrected chi connectivity index (χ1v) is 9.51. The fourth-order valence-corrected chi connectivity index (χ4v) is 4.94. The molecular formula is C14H26N2O3S. The van der Waals surface area contributed by atoms with Crippen LogP contribution in [0.25, 0.3) is 0 Å². The second-order valence-electron chi connectivity index (χ2n) is 6.02. The maximum absolute atomic E-state index is 11.8. The minimum absolute atomic E-state index is 0.00713. The Kier molecular flexibility index (Phi) is 5.84. The van der Waals surface area contributed by atoms with Gasteiger partial charge in [0, 0.05) is 12.6 Å². The Morgan fingerprint density at radius 1 is 1.00 bits per heavy atom. The summed E-state index contributed by atoms with van der Waals surface area (Å²) < 4.78 is 23.3. The van der Waals surface area contributed by atoms with Gasteiger partial charge in [-0.05, 0) is 25.7 Å². The number of carbonyl (C=O) groups is 1.